The Morgan fingerprint density at radius 3 is 2.48 bits per heavy atom. The molecule has 0 unspecified atom stereocenters. The average molecular weight is 456 g/mol. The second-order valence-electron chi connectivity index (χ2n) is 8.03. The maximum atomic E-state index is 13.5. The Morgan fingerprint density at radius 2 is 1.82 bits per heavy atom. The molecule has 10 heteroatoms. The highest BCUT2D eigenvalue weighted by molar-refractivity contribution is 5.93. The molecule has 176 valence electrons. The van der Waals surface area contributed by atoms with Crippen LogP contribution < -0.4 is 14.8 Å². The van der Waals surface area contributed by atoms with Crippen molar-refractivity contribution in [3.8, 4) is 11.5 Å². The molecule has 33 heavy (non-hydrogen) atoms. The van der Waals surface area contributed by atoms with Crippen molar-refractivity contribution < 1.29 is 28.5 Å². The minimum atomic E-state index is -0.756. The first-order valence-electron chi connectivity index (χ1n) is 10.9. The van der Waals surface area contributed by atoms with Gasteiger partial charge in [-0.15, -0.1) is 5.10 Å². The highest BCUT2D eigenvalue weighted by Gasteiger charge is 2.38. The maximum absolute atomic E-state index is 13.5. The Hall–Kier alpha value is -3.56. The lowest BCUT2D eigenvalue weighted by molar-refractivity contribution is -0.146. The van der Waals surface area contributed by atoms with Gasteiger partial charge in [-0.25, -0.2) is 14.3 Å². The molecule has 2 aliphatic rings. The highest BCUT2D eigenvalue weighted by atomic mass is 16.5. The summed E-state index contributed by atoms with van der Waals surface area (Å²) < 4.78 is 23.2. The topological polar surface area (TPSA) is 114 Å². The van der Waals surface area contributed by atoms with E-state index in [1.165, 1.54) is 11.8 Å². The SMILES string of the molecule is COC(=O)c1nc2n(n1)[C@H](c1cc(OC)ccc1OC)C(C(=O)OC1CCCCC1)=C(C)N2. The zero-order chi connectivity index (χ0) is 23.5. The van der Waals surface area contributed by atoms with E-state index in [4.69, 9.17) is 18.9 Å². The summed E-state index contributed by atoms with van der Waals surface area (Å²) in [6, 6.07) is 4.54. The van der Waals surface area contributed by atoms with Crippen molar-refractivity contribution in [2.24, 2.45) is 0 Å². The Labute approximate surface area is 191 Å². The van der Waals surface area contributed by atoms with Gasteiger partial charge in [0.1, 0.15) is 23.6 Å². The van der Waals surface area contributed by atoms with E-state index in [9.17, 15) is 9.59 Å². The monoisotopic (exact) mass is 456 g/mol. The van der Waals surface area contributed by atoms with Crippen molar-refractivity contribution >= 4 is 17.9 Å². The first-order valence-corrected chi connectivity index (χ1v) is 10.9. The van der Waals surface area contributed by atoms with E-state index in [2.05, 4.69) is 15.4 Å². The van der Waals surface area contributed by atoms with Gasteiger partial charge in [-0.1, -0.05) is 6.42 Å². The predicted octanol–water partition coefficient (Wildman–Crippen LogP) is 3.25. The fraction of sp³-hybridized carbons (Fsp3) is 0.478. The fourth-order valence-corrected chi connectivity index (χ4v) is 4.33. The molecule has 1 saturated carbocycles. The van der Waals surface area contributed by atoms with Crippen LogP contribution in [-0.2, 0) is 14.3 Å². The Bertz CT molecular complexity index is 1090. The number of allylic oxidation sites excluding steroid dienone is 1. The molecule has 1 aromatic heterocycles. The largest absolute Gasteiger partial charge is 0.497 e. The second-order valence-corrected chi connectivity index (χ2v) is 8.03. The molecular weight excluding hydrogens is 428 g/mol. The molecule has 1 aromatic carbocycles. The standard InChI is InChI=1S/C23H28N4O6/c1-13-18(21(28)33-14-8-6-5-7-9-14)19(16-12-15(30-2)10-11-17(16)31-3)27-23(24-13)25-20(26-27)22(29)32-4/h10-12,14,19H,5-9H2,1-4H3,(H,24,25,26)/t19-/m1/s1. The molecule has 4 rings (SSSR count). The maximum Gasteiger partial charge on any atom is 0.378 e. The molecule has 0 bridgehead atoms. The zero-order valence-electron chi connectivity index (χ0n) is 19.2. The normalized spacial score (nSPS) is 18.2. The number of anilines is 1. The number of carbonyl (C=O) groups is 2. The summed E-state index contributed by atoms with van der Waals surface area (Å²) >= 11 is 0. The lowest BCUT2D eigenvalue weighted by Crippen LogP contribution is -2.32. The highest BCUT2D eigenvalue weighted by Crippen LogP contribution is 2.41. The van der Waals surface area contributed by atoms with Crippen LogP contribution in [0.3, 0.4) is 0 Å². The van der Waals surface area contributed by atoms with E-state index < -0.39 is 18.0 Å². The molecule has 1 aliphatic heterocycles. The van der Waals surface area contributed by atoms with E-state index in [0.717, 1.165) is 32.1 Å². The van der Waals surface area contributed by atoms with Gasteiger partial charge in [-0.05, 0) is 50.8 Å². The number of hydrogen-bond acceptors (Lipinski definition) is 9. The minimum Gasteiger partial charge on any atom is -0.497 e. The van der Waals surface area contributed by atoms with Gasteiger partial charge in [0.15, 0.2) is 0 Å². The minimum absolute atomic E-state index is 0.123. The predicted molar refractivity (Wildman–Crippen MR) is 118 cm³/mol. The summed E-state index contributed by atoms with van der Waals surface area (Å²) in [7, 11) is 4.36. The molecular formula is C23H28N4O6. The quantitative estimate of drug-likeness (QED) is 0.654. The third-order valence-electron chi connectivity index (χ3n) is 6.00. The van der Waals surface area contributed by atoms with Gasteiger partial charge < -0.3 is 24.3 Å². The Balaban J connectivity index is 1.83. The van der Waals surface area contributed by atoms with Gasteiger partial charge in [0.25, 0.3) is 5.82 Å². The number of benzene rings is 1. The summed E-state index contributed by atoms with van der Waals surface area (Å²) in [5.74, 6) is 0.163. The number of esters is 2. The molecule has 1 fully saturated rings. The van der Waals surface area contributed by atoms with Gasteiger partial charge >= 0.3 is 11.9 Å². The van der Waals surface area contributed by atoms with E-state index in [-0.39, 0.29) is 11.9 Å². The van der Waals surface area contributed by atoms with Gasteiger partial charge in [-0.3, -0.25) is 0 Å². The number of ether oxygens (including phenoxy) is 4. The van der Waals surface area contributed by atoms with Crippen LogP contribution in [0.15, 0.2) is 29.5 Å². The van der Waals surface area contributed by atoms with Gasteiger partial charge in [0.2, 0.25) is 5.95 Å². The van der Waals surface area contributed by atoms with Crippen molar-refractivity contribution in [3.05, 3.63) is 40.9 Å². The number of nitrogens with one attached hydrogen (secondary N) is 1. The Morgan fingerprint density at radius 1 is 1.06 bits per heavy atom. The van der Waals surface area contributed by atoms with Gasteiger partial charge in [-0.2, -0.15) is 4.98 Å². The van der Waals surface area contributed by atoms with Crippen molar-refractivity contribution in [2.45, 2.75) is 51.2 Å². The molecule has 1 N–H and O–H groups in total. The molecule has 2 heterocycles. The molecule has 0 spiro atoms. The molecule has 0 saturated heterocycles. The van der Waals surface area contributed by atoms with Gasteiger partial charge in [0.05, 0.1) is 26.9 Å². The van der Waals surface area contributed by atoms with Crippen LogP contribution >= 0.6 is 0 Å². The third kappa shape index (κ3) is 4.37. The first kappa shape index (κ1) is 22.6. The summed E-state index contributed by atoms with van der Waals surface area (Å²) in [6.07, 6.45) is 4.80. The third-order valence-corrected chi connectivity index (χ3v) is 6.00. The first-order chi connectivity index (χ1) is 16.0. The van der Waals surface area contributed by atoms with Crippen LogP contribution in [0.2, 0.25) is 0 Å². The number of methoxy groups -OCH3 is 3. The average Bonchev–Trinajstić information content (AvgIpc) is 3.26. The van der Waals surface area contributed by atoms with Crippen LogP contribution in [0.25, 0.3) is 0 Å². The summed E-state index contributed by atoms with van der Waals surface area (Å²) in [5, 5.41) is 7.44. The van der Waals surface area contributed by atoms with E-state index in [1.807, 2.05) is 0 Å². The van der Waals surface area contributed by atoms with Crippen LogP contribution in [0, 0.1) is 0 Å². The molecule has 10 nitrogen and oxygen atoms in total. The van der Waals surface area contributed by atoms with Crippen molar-refractivity contribution in [3.63, 3.8) is 0 Å². The number of fused-ring (bicyclic) bond motifs is 1. The fourth-order valence-electron chi connectivity index (χ4n) is 4.33. The van der Waals surface area contributed by atoms with Crippen LogP contribution in [0.5, 0.6) is 11.5 Å². The summed E-state index contributed by atoms with van der Waals surface area (Å²) in [6.45, 7) is 1.77. The smallest absolute Gasteiger partial charge is 0.378 e. The molecule has 0 amide bonds. The lowest BCUT2D eigenvalue weighted by Gasteiger charge is -2.30. The number of aromatic nitrogens is 3. The van der Waals surface area contributed by atoms with Crippen molar-refractivity contribution in [2.75, 3.05) is 26.6 Å². The molecule has 1 aliphatic carbocycles. The number of rotatable bonds is 6. The Kier molecular flexibility index (Phi) is 6.52. The summed E-state index contributed by atoms with van der Waals surface area (Å²) in [4.78, 5) is 29.9. The van der Waals surface area contributed by atoms with Crippen LogP contribution in [0.4, 0.5) is 5.95 Å². The zero-order valence-corrected chi connectivity index (χ0v) is 19.2. The van der Waals surface area contributed by atoms with Crippen molar-refractivity contribution in [1.29, 1.82) is 0 Å². The van der Waals surface area contributed by atoms with Gasteiger partial charge in [0, 0.05) is 11.3 Å². The van der Waals surface area contributed by atoms with E-state index in [0.29, 0.717) is 34.3 Å². The van der Waals surface area contributed by atoms with Crippen molar-refractivity contribution in [1.82, 2.24) is 14.8 Å². The molecule has 2 aromatic rings. The second kappa shape index (κ2) is 9.51. The molecule has 1 atom stereocenters. The van der Waals surface area contributed by atoms with E-state index in [1.54, 1.807) is 39.3 Å². The lowest BCUT2D eigenvalue weighted by atomic mass is 9.94. The number of carbonyl (C=O) groups excluding carboxylic acids is 2. The summed E-state index contributed by atoms with van der Waals surface area (Å²) in [5.41, 5.74) is 1.54. The molecule has 0 radical (unpaired) electrons. The number of nitrogens with zero attached hydrogens (tertiary/aromatic N) is 3. The van der Waals surface area contributed by atoms with E-state index >= 15 is 0 Å². The van der Waals surface area contributed by atoms with Crippen LogP contribution in [0.1, 0.15) is 61.3 Å². The van der Waals surface area contributed by atoms with Crippen LogP contribution in [-0.4, -0.2) is 54.1 Å². The number of hydrogen-bond donors (Lipinski definition) is 1.